The van der Waals surface area contributed by atoms with Gasteiger partial charge in [0.2, 0.25) is 5.13 Å². The van der Waals surface area contributed by atoms with Gasteiger partial charge in [-0.2, -0.15) is 0 Å². The lowest BCUT2D eigenvalue weighted by atomic mass is 10.4. The van der Waals surface area contributed by atoms with Crippen LogP contribution < -0.4 is 5.32 Å². The summed E-state index contributed by atoms with van der Waals surface area (Å²) in [6.07, 6.45) is 2.53. The molecule has 0 fully saturated rings. The summed E-state index contributed by atoms with van der Waals surface area (Å²) >= 11 is 1.55. The third-order valence-corrected chi connectivity index (χ3v) is 2.75. The highest BCUT2D eigenvalue weighted by Crippen LogP contribution is 2.13. The van der Waals surface area contributed by atoms with Gasteiger partial charge in [-0.3, -0.25) is 0 Å². The second-order valence-corrected chi connectivity index (χ2v) is 4.34. The number of aromatic nitrogens is 5. The summed E-state index contributed by atoms with van der Waals surface area (Å²) < 4.78 is 1.91. The van der Waals surface area contributed by atoms with Crippen LogP contribution in [0, 0.1) is 6.92 Å². The Morgan fingerprint density at radius 2 is 2.27 bits per heavy atom. The molecule has 0 aliphatic heterocycles. The molecule has 0 saturated heterocycles. The van der Waals surface area contributed by atoms with Crippen molar-refractivity contribution in [3.8, 4) is 0 Å². The van der Waals surface area contributed by atoms with Crippen LogP contribution in [-0.4, -0.2) is 31.5 Å². The van der Waals surface area contributed by atoms with E-state index in [1.165, 1.54) is 0 Å². The smallest absolute Gasteiger partial charge is 0.205 e. The molecule has 0 spiro atoms. The lowest BCUT2D eigenvalue weighted by Crippen LogP contribution is -2.08. The van der Waals surface area contributed by atoms with E-state index in [4.69, 9.17) is 0 Å². The minimum absolute atomic E-state index is 0.793. The van der Waals surface area contributed by atoms with E-state index in [-0.39, 0.29) is 0 Å². The van der Waals surface area contributed by atoms with E-state index in [1.54, 1.807) is 17.7 Å². The summed E-state index contributed by atoms with van der Waals surface area (Å²) in [6.45, 7) is 2.73. The number of anilines is 1. The van der Waals surface area contributed by atoms with Crippen LogP contribution in [0.15, 0.2) is 6.33 Å². The number of hydrogen-bond donors (Lipinski definition) is 1. The highest BCUT2D eigenvalue weighted by Gasteiger charge is 2.02. The molecular weight excluding hydrogens is 212 g/mol. The Hall–Kier alpha value is -1.50. The molecule has 0 aromatic carbocycles. The molecule has 0 bridgehead atoms. The first kappa shape index (κ1) is 10.0. The summed E-state index contributed by atoms with van der Waals surface area (Å²) in [5.74, 6) is 0.962. The first-order chi connectivity index (χ1) is 7.25. The van der Waals surface area contributed by atoms with Gasteiger partial charge >= 0.3 is 0 Å². The first-order valence-electron chi connectivity index (χ1n) is 4.62. The van der Waals surface area contributed by atoms with Crippen molar-refractivity contribution >= 4 is 16.5 Å². The van der Waals surface area contributed by atoms with E-state index < -0.39 is 0 Å². The molecule has 0 atom stereocenters. The van der Waals surface area contributed by atoms with Gasteiger partial charge in [0.05, 0.1) is 0 Å². The Balaban J connectivity index is 1.83. The predicted molar refractivity (Wildman–Crippen MR) is 57.8 cm³/mol. The fourth-order valence-corrected chi connectivity index (χ4v) is 1.80. The quantitative estimate of drug-likeness (QED) is 0.825. The van der Waals surface area contributed by atoms with Gasteiger partial charge in [0.1, 0.15) is 17.2 Å². The summed E-state index contributed by atoms with van der Waals surface area (Å²) in [5, 5.41) is 20.7. The van der Waals surface area contributed by atoms with Crippen molar-refractivity contribution in [2.75, 3.05) is 11.9 Å². The Bertz CT molecular complexity index is 434. The van der Waals surface area contributed by atoms with Crippen LogP contribution in [0.1, 0.15) is 10.8 Å². The summed E-state index contributed by atoms with van der Waals surface area (Å²) in [5.41, 5.74) is 0. The molecule has 0 aliphatic carbocycles. The Labute approximate surface area is 91.4 Å². The number of nitrogens with one attached hydrogen (secondary N) is 1. The van der Waals surface area contributed by atoms with Crippen LogP contribution in [0.3, 0.4) is 0 Å². The van der Waals surface area contributed by atoms with Crippen molar-refractivity contribution < 1.29 is 0 Å². The number of aryl methyl sites for hydroxylation is 2. The molecule has 1 N–H and O–H groups in total. The third-order valence-electron chi connectivity index (χ3n) is 1.96. The average Bonchev–Trinajstić information content (AvgIpc) is 2.77. The zero-order valence-corrected chi connectivity index (χ0v) is 9.45. The van der Waals surface area contributed by atoms with Gasteiger partial charge in [-0.15, -0.1) is 20.4 Å². The van der Waals surface area contributed by atoms with Crippen molar-refractivity contribution in [3.05, 3.63) is 17.2 Å². The molecule has 0 saturated carbocycles. The average molecular weight is 224 g/mol. The van der Waals surface area contributed by atoms with E-state index in [9.17, 15) is 0 Å². The molecule has 0 unspecified atom stereocenters. The van der Waals surface area contributed by atoms with Gasteiger partial charge in [0.25, 0.3) is 0 Å². The molecule has 2 aromatic rings. The maximum atomic E-state index is 3.99. The zero-order chi connectivity index (χ0) is 10.7. The normalized spacial score (nSPS) is 10.5. The van der Waals surface area contributed by atoms with Crippen LogP contribution in [0.4, 0.5) is 5.13 Å². The van der Waals surface area contributed by atoms with Crippen LogP contribution in [0.25, 0.3) is 0 Å². The largest absolute Gasteiger partial charge is 0.360 e. The van der Waals surface area contributed by atoms with Gasteiger partial charge < -0.3 is 9.88 Å². The van der Waals surface area contributed by atoms with Gasteiger partial charge in [-0.05, 0) is 6.92 Å². The first-order valence-corrected chi connectivity index (χ1v) is 5.44. The van der Waals surface area contributed by atoms with E-state index in [1.807, 2.05) is 18.5 Å². The third kappa shape index (κ3) is 2.50. The van der Waals surface area contributed by atoms with Crippen molar-refractivity contribution in [1.82, 2.24) is 25.0 Å². The van der Waals surface area contributed by atoms with E-state index >= 15 is 0 Å². The van der Waals surface area contributed by atoms with Crippen molar-refractivity contribution in [2.24, 2.45) is 7.05 Å². The fraction of sp³-hybridized carbons (Fsp3) is 0.500. The zero-order valence-electron chi connectivity index (χ0n) is 8.64. The Morgan fingerprint density at radius 1 is 1.40 bits per heavy atom. The van der Waals surface area contributed by atoms with Crippen LogP contribution >= 0.6 is 11.3 Å². The number of nitrogens with zero attached hydrogens (tertiary/aromatic N) is 5. The molecule has 6 nitrogen and oxygen atoms in total. The highest BCUT2D eigenvalue weighted by molar-refractivity contribution is 7.15. The van der Waals surface area contributed by atoms with Crippen molar-refractivity contribution in [2.45, 2.75) is 13.3 Å². The van der Waals surface area contributed by atoms with E-state index in [2.05, 4.69) is 25.7 Å². The maximum Gasteiger partial charge on any atom is 0.205 e. The fourth-order valence-electron chi connectivity index (χ4n) is 1.18. The topological polar surface area (TPSA) is 68.5 Å². The van der Waals surface area contributed by atoms with Crippen LogP contribution in [0.5, 0.6) is 0 Å². The molecule has 2 heterocycles. The van der Waals surface area contributed by atoms with Gasteiger partial charge in [-0.1, -0.05) is 11.3 Å². The standard InChI is InChI=1S/C8H12N6S/c1-6-11-13-8(15-6)9-4-3-7-12-10-5-14(7)2/h5H,3-4H2,1-2H3,(H,9,13). The summed E-state index contributed by atoms with van der Waals surface area (Å²) in [4.78, 5) is 0. The molecule has 2 aromatic heterocycles. The molecular formula is C8H12N6S. The minimum atomic E-state index is 0.793. The minimum Gasteiger partial charge on any atom is -0.360 e. The molecule has 15 heavy (non-hydrogen) atoms. The Morgan fingerprint density at radius 3 is 2.87 bits per heavy atom. The molecule has 80 valence electrons. The molecule has 2 rings (SSSR count). The van der Waals surface area contributed by atoms with Crippen molar-refractivity contribution in [3.63, 3.8) is 0 Å². The summed E-state index contributed by atoms with van der Waals surface area (Å²) in [6, 6.07) is 0. The van der Waals surface area contributed by atoms with Gasteiger partial charge in [0, 0.05) is 20.0 Å². The molecule has 0 aliphatic rings. The molecule has 7 heteroatoms. The number of hydrogen-bond acceptors (Lipinski definition) is 6. The van der Waals surface area contributed by atoms with Crippen LogP contribution in [-0.2, 0) is 13.5 Å². The predicted octanol–water partition coefficient (Wildman–Crippen LogP) is 0.630. The maximum absolute atomic E-state index is 3.99. The molecule has 0 amide bonds. The van der Waals surface area contributed by atoms with Crippen LogP contribution in [0.2, 0.25) is 0 Å². The summed E-state index contributed by atoms with van der Waals surface area (Å²) in [7, 11) is 1.93. The SMILES string of the molecule is Cc1nnc(NCCc2nncn2C)s1. The van der Waals surface area contributed by atoms with E-state index in [0.717, 1.165) is 28.9 Å². The highest BCUT2D eigenvalue weighted by atomic mass is 32.1. The van der Waals surface area contributed by atoms with Gasteiger partial charge in [0.15, 0.2) is 0 Å². The number of rotatable bonds is 4. The lowest BCUT2D eigenvalue weighted by molar-refractivity contribution is 0.787. The van der Waals surface area contributed by atoms with E-state index in [0.29, 0.717) is 0 Å². The monoisotopic (exact) mass is 224 g/mol. The van der Waals surface area contributed by atoms with Gasteiger partial charge in [-0.25, -0.2) is 0 Å². The molecule has 0 radical (unpaired) electrons. The second-order valence-electron chi connectivity index (χ2n) is 3.16. The van der Waals surface area contributed by atoms with Crippen molar-refractivity contribution in [1.29, 1.82) is 0 Å². The lowest BCUT2D eigenvalue weighted by Gasteiger charge is -2.00. The Kier molecular flexibility index (Phi) is 2.91. The second kappa shape index (κ2) is 4.35.